The zero-order valence-electron chi connectivity index (χ0n) is 21.9. The van der Waals surface area contributed by atoms with Crippen LogP contribution in [0.5, 0.6) is 0 Å². The van der Waals surface area contributed by atoms with Crippen LogP contribution in [0.15, 0.2) is 95.6 Å². The fourth-order valence-corrected chi connectivity index (χ4v) is 4.51. The first-order valence-electron chi connectivity index (χ1n) is 12.6. The van der Waals surface area contributed by atoms with E-state index in [0.717, 1.165) is 22.4 Å². The summed E-state index contributed by atoms with van der Waals surface area (Å²) in [6.07, 6.45) is 2.09. The molecule has 1 heterocycles. The van der Waals surface area contributed by atoms with Crippen molar-refractivity contribution >= 4 is 23.2 Å². The second-order valence-electron chi connectivity index (χ2n) is 9.36. The van der Waals surface area contributed by atoms with Gasteiger partial charge in [0.25, 0.3) is 5.91 Å². The standard InChI is InChI=1S/C31H32FN3O3/c1-4-27(23-9-6-5-7-10-23)31(37)35(20-22-12-14-25(32)15-13-22)21-24-19-26(16-17-28(24)34(2)3)33-30(36)29-11-8-18-38-29/h5-19,27H,4,20-21H2,1-3H3,(H,33,36). The molecule has 0 aliphatic rings. The van der Waals surface area contributed by atoms with Gasteiger partial charge in [-0.1, -0.05) is 49.4 Å². The molecule has 1 unspecified atom stereocenters. The lowest BCUT2D eigenvalue weighted by atomic mass is 9.94. The Morgan fingerprint density at radius 1 is 0.921 bits per heavy atom. The summed E-state index contributed by atoms with van der Waals surface area (Å²) in [5, 5.41) is 2.87. The zero-order chi connectivity index (χ0) is 27.1. The minimum absolute atomic E-state index is 0.0160. The summed E-state index contributed by atoms with van der Waals surface area (Å²) in [7, 11) is 3.87. The maximum atomic E-state index is 14.0. The summed E-state index contributed by atoms with van der Waals surface area (Å²) in [5.41, 5.74) is 4.17. The SMILES string of the molecule is CCC(C(=O)N(Cc1ccc(F)cc1)Cc1cc(NC(=O)c2ccco2)ccc1N(C)C)c1ccccc1. The first-order valence-corrected chi connectivity index (χ1v) is 12.6. The van der Waals surface area contributed by atoms with Crippen LogP contribution in [-0.4, -0.2) is 30.8 Å². The van der Waals surface area contributed by atoms with Gasteiger partial charge >= 0.3 is 0 Å². The fourth-order valence-electron chi connectivity index (χ4n) is 4.51. The lowest BCUT2D eigenvalue weighted by Gasteiger charge is -2.29. The number of rotatable bonds is 10. The normalized spacial score (nSPS) is 11.6. The van der Waals surface area contributed by atoms with Crippen molar-refractivity contribution in [3.05, 3.63) is 119 Å². The van der Waals surface area contributed by atoms with E-state index in [2.05, 4.69) is 5.32 Å². The van der Waals surface area contributed by atoms with Gasteiger partial charge in [0.15, 0.2) is 5.76 Å². The van der Waals surface area contributed by atoms with E-state index in [-0.39, 0.29) is 29.3 Å². The molecule has 0 fully saturated rings. The first kappa shape index (κ1) is 26.7. The highest BCUT2D eigenvalue weighted by molar-refractivity contribution is 6.02. The molecule has 7 heteroatoms. The summed E-state index contributed by atoms with van der Waals surface area (Å²) in [6.45, 7) is 2.62. The number of nitrogens with zero attached hydrogens (tertiary/aromatic N) is 2. The van der Waals surface area contributed by atoms with Crippen molar-refractivity contribution in [3.63, 3.8) is 0 Å². The summed E-state index contributed by atoms with van der Waals surface area (Å²) in [4.78, 5) is 30.4. The molecule has 0 aliphatic heterocycles. The number of anilines is 2. The van der Waals surface area contributed by atoms with Crippen LogP contribution in [0.3, 0.4) is 0 Å². The van der Waals surface area contributed by atoms with Gasteiger partial charge in [-0.2, -0.15) is 0 Å². The van der Waals surface area contributed by atoms with Crippen molar-refractivity contribution in [2.24, 2.45) is 0 Å². The lowest BCUT2D eigenvalue weighted by molar-refractivity contribution is -0.134. The van der Waals surface area contributed by atoms with Crippen LogP contribution in [0.25, 0.3) is 0 Å². The molecule has 0 saturated carbocycles. The molecule has 196 valence electrons. The Morgan fingerprint density at radius 3 is 2.29 bits per heavy atom. The molecular weight excluding hydrogens is 481 g/mol. The van der Waals surface area contributed by atoms with Crippen LogP contribution >= 0.6 is 0 Å². The molecule has 4 rings (SSSR count). The van der Waals surface area contributed by atoms with Crippen LogP contribution in [0.4, 0.5) is 15.8 Å². The van der Waals surface area contributed by atoms with Gasteiger partial charge in [-0.3, -0.25) is 9.59 Å². The van der Waals surface area contributed by atoms with Crippen LogP contribution < -0.4 is 10.2 Å². The number of furan rings is 1. The van der Waals surface area contributed by atoms with Gasteiger partial charge in [-0.15, -0.1) is 0 Å². The second kappa shape index (κ2) is 12.2. The Hall–Kier alpha value is -4.39. The van der Waals surface area contributed by atoms with Gasteiger partial charge < -0.3 is 19.5 Å². The van der Waals surface area contributed by atoms with E-state index in [1.807, 2.05) is 74.4 Å². The minimum atomic E-state index is -0.354. The first-order chi connectivity index (χ1) is 18.4. The number of carbonyl (C=O) groups is 2. The fraction of sp³-hybridized carbons (Fsp3) is 0.226. The van der Waals surface area contributed by atoms with E-state index in [1.54, 1.807) is 29.2 Å². The highest BCUT2D eigenvalue weighted by Crippen LogP contribution is 2.29. The topological polar surface area (TPSA) is 65.8 Å². The summed E-state index contributed by atoms with van der Waals surface area (Å²) < 4.78 is 18.8. The third-order valence-electron chi connectivity index (χ3n) is 6.43. The predicted molar refractivity (Wildman–Crippen MR) is 148 cm³/mol. The monoisotopic (exact) mass is 513 g/mol. The molecule has 0 spiro atoms. The largest absolute Gasteiger partial charge is 0.459 e. The molecule has 0 aliphatic carbocycles. The molecule has 0 radical (unpaired) electrons. The van der Waals surface area contributed by atoms with E-state index < -0.39 is 0 Å². The zero-order valence-corrected chi connectivity index (χ0v) is 21.9. The number of benzene rings is 3. The highest BCUT2D eigenvalue weighted by Gasteiger charge is 2.26. The van der Waals surface area contributed by atoms with E-state index in [1.165, 1.54) is 18.4 Å². The lowest BCUT2D eigenvalue weighted by Crippen LogP contribution is -2.34. The Balaban J connectivity index is 1.68. The van der Waals surface area contributed by atoms with Crippen molar-refractivity contribution in [3.8, 4) is 0 Å². The molecule has 2 amide bonds. The Bertz CT molecular complexity index is 1350. The van der Waals surface area contributed by atoms with E-state index in [4.69, 9.17) is 4.42 Å². The van der Waals surface area contributed by atoms with Crippen LogP contribution in [0.1, 0.15) is 46.5 Å². The third kappa shape index (κ3) is 6.48. The molecule has 6 nitrogen and oxygen atoms in total. The molecule has 4 aromatic rings. The molecule has 1 atom stereocenters. The smallest absolute Gasteiger partial charge is 0.291 e. The molecular formula is C31H32FN3O3. The predicted octanol–water partition coefficient (Wildman–Crippen LogP) is 6.46. The second-order valence-corrected chi connectivity index (χ2v) is 9.36. The quantitative estimate of drug-likeness (QED) is 0.264. The van der Waals surface area contributed by atoms with Gasteiger partial charge in [-0.25, -0.2) is 4.39 Å². The van der Waals surface area contributed by atoms with Gasteiger partial charge in [0.1, 0.15) is 5.82 Å². The maximum Gasteiger partial charge on any atom is 0.291 e. The number of hydrogen-bond acceptors (Lipinski definition) is 4. The third-order valence-corrected chi connectivity index (χ3v) is 6.43. The number of hydrogen-bond donors (Lipinski definition) is 1. The Labute approximate surface area is 222 Å². The van der Waals surface area contributed by atoms with Gasteiger partial charge in [0.2, 0.25) is 5.91 Å². The molecule has 1 N–H and O–H groups in total. The molecule has 1 aromatic heterocycles. The summed E-state index contributed by atoms with van der Waals surface area (Å²) in [5.74, 6) is -0.797. The van der Waals surface area contributed by atoms with Crippen molar-refractivity contribution in [1.82, 2.24) is 4.90 Å². The number of carbonyl (C=O) groups excluding carboxylic acids is 2. The minimum Gasteiger partial charge on any atom is -0.459 e. The average molecular weight is 514 g/mol. The number of halogens is 1. The van der Waals surface area contributed by atoms with Crippen LogP contribution in [0, 0.1) is 5.82 Å². The molecule has 38 heavy (non-hydrogen) atoms. The summed E-state index contributed by atoms with van der Waals surface area (Å²) in [6, 6.07) is 24.8. The van der Waals surface area contributed by atoms with Crippen molar-refractivity contribution < 1.29 is 18.4 Å². The molecule has 0 bridgehead atoms. The van der Waals surface area contributed by atoms with Crippen molar-refractivity contribution in [2.75, 3.05) is 24.3 Å². The highest BCUT2D eigenvalue weighted by atomic mass is 19.1. The summed E-state index contributed by atoms with van der Waals surface area (Å²) >= 11 is 0. The van der Waals surface area contributed by atoms with E-state index in [9.17, 15) is 14.0 Å². The van der Waals surface area contributed by atoms with Crippen molar-refractivity contribution in [2.45, 2.75) is 32.4 Å². The van der Waals surface area contributed by atoms with E-state index >= 15 is 0 Å². The molecule has 0 saturated heterocycles. The van der Waals surface area contributed by atoms with Crippen LogP contribution in [-0.2, 0) is 17.9 Å². The Morgan fingerprint density at radius 2 is 1.66 bits per heavy atom. The van der Waals surface area contributed by atoms with Gasteiger partial charge in [-0.05, 0) is 65.6 Å². The van der Waals surface area contributed by atoms with E-state index in [0.29, 0.717) is 25.2 Å². The maximum absolute atomic E-state index is 14.0. The van der Waals surface area contributed by atoms with Crippen LogP contribution in [0.2, 0.25) is 0 Å². The van der Waals surface area contributed by atoms with Gasteiger partial charge in [0.05, 0.1) is 12.2 Å². The van der Waals surface area contributed by atoms with Crippen molar-refractivity contribution in [1.29, 1.82) is 0 Å². The van der Waals surface area contributed by atoms with Gasteiger partial charge in [0, 0.05) is 38.6 Å². The number of amides is 2. The number of nitrogens with one attached hydrogen (secondary N) is 1. The Kier molecular flexibility index (Phi) is 8.58. The average Bonchev–Trinajstić information content (AvgIpc) is 3.46. The molecule has 3 aromatic carbocycles.